The Morgan fingerprint density at radius 3 is 2.71 bits per heavy atom. The Morgan fingerprint density at radius 2 is 2.10 bits per heavy atom. The van der Waals surface area contributed by atoms with Gasteiger partial charge < -0.3 is 10.7 Å². The van der Waals surface area contributed by atoms with E-state index < -0.39 is 10.0 Å². The van der Waals surface area contributed by atoms with Crippen LogP contribution in [0.5, 0.6) is 0 Å². The summed E-state index contributed by atoms with van der Waals surface area (Å²) in [5.74, 6) is 0.852. The van der Waals surface area contributed by atoms with Gasteiger partial charge in [0.05, 0.1) is 4.90 Å². The highest BCUT2D eigenvalue weighted by Crippen LogP contribution is 2.21. The summed E-state index contributed by atoms with van der Waals surface area (Å²) in [6, 6.07) is 3.14. The second-order valence-corrected chi connectivity index (χ2v) is 6.76. The Bertz CT molecular complexity index is 686. The number of aromatic nitrogens is 2. The van der Waals surface area contributed by atoms with Crippen molar-refractivity contribution in [1.29, 1.82) is 0 Å². The van der Waals surface area contributed by atoms with Crippen LogP contribution in [0, 0.1) is 13.8 Å². The third-order valence-electron chi connectivity index (χ3n) is 3.43. The van der Waals surface area contributed by atoms with Crippen LogP contribution in [0.2, 0.25) is 0 Å². The third kappa shape index (κ3) is 3.83. The zero-order valence-electron chi connectivity index (χ0n) is 12.2. The lowest BCUT2D eigenvalue weighted by Gasteiger charge is -2.10. The molecular formula is C14H20N4O2S. The molecule has 0 aliphatic heterocycles. The van der Waals surface area contributed by atoms with Gasteiger partial charge >= 0.3 is 0 Å². The van der Waals surface area contributed by atoms with Crippen molar-refractivity contribution in [2.24, 2.45) is 0 Å². The van der Waals surface area contributed by atoms with E-state index >= 15 is 0 Å². The van der Waals surface area contributed by atoms with Gasteiger partial charge in [-0.05, 0) is 43.5 Å². The van der Waals surface area contributed by atoms with Gasteiger partial charge in [-0.15, -0.1) is 0 Å². The molecule has 0 spiro atoms. The van der Waals surface area contributed by atoms with E-state index in [1.54, 1.807) is 18.5 Å². The van der Waals surface area contributed by atoms with Crippen molar-refractivity contribution in [3.63, 3.8) is 0 Å². The van der Waals surface area contributed by atoms with Gasteiger partial charge in [0.1, 0.15) is 5.82 Å². The van der Waals surface area contributed by atoms with Gasteiger partial charge in [-0.3, -0.25) is 0 Å². The minimum absolute atomic E-state index is 0.209. The van der Waals surface area contributed by atoms with Crippen molar-refractivity contribution in [2.45, 2.75) is 31.6 Å². The first-order valence-electron chi connectivity index (χ1n) is 6.75. The van der Waals surface area contributed by atoms with Crippen LogP contribution in [-0.2, 0) is 16.4 Å². The SMILES string of the molecule is Cc1cc(S(=O)(=O)NCCCc2ncc[nH]2)cc(N)c1C. The smallest absolute Gasteiger partial charge is 0.240 e. The molecule has 2 aromatic rings. The van der Waals surface area contributed by atoms with E-state index in [2.05, 4.69) is 14.7 Å². The number of nitrogens with zero attached hydrogens (tertiary/aromatic N) is 1. The molecule has 1 heterocycles. The Balaban J connectivity index is 1.98. The zero-order chi connectivity index (χ0) is 15.5. The molecule has 1 aromatic carbocycles. The highest BCUT2D eigenvalue weighted by Gasteiger charge is 2.15. The highest BCUT2D eigenvalue weighted by atomic mass is 32.2. The van der Waals surface area contributed by atoms with E-state index in [0.717, 1.165) is 17.0 Å². The molecule has 0 unspecified atom stereocenters. The molecule has 0 fully saturated rings. The first-order valence-corrected chi connectivity index (χ1v) is 8.23. The van der Waals surface area contributed by atoms with Gasteiger partial charge in [-0.1, -0.05) is 0 Å². The molecular weight excluding hydrogens is 288 g/mol. The molecule has 0 amide bonds. The molecule has 0 atom stereocenters. The summed E-state index contributed by atoms with van der Waals surface area (Å²) >= 11 is 0. The molecule has 0 aliphatic rings. The van der Waals surface area contributed by atoms with E-state index in [1.807, 2.05) is 13.8 Å². The van der Waals surface area contributed by atoms with E-state index in [-0.39, 0.29) is 4.90 Å². The van der Waals surface area contributed by atoms with Crippen molar-refractivity contribution in [1.82, 2.24) is 14.7 Å². The second-order valence-electron chi connectivity index (χ2n) is 4.99. The quantitative estimate of drug-likeness (QED) is 0.556. The first-order chi connectivity index (χ1) is 9.90. The van der Waals surface area contributed by atoms with E-state index in [0.29, 0.717) is 25.1 Å². The molecule has 4 N–H and O–H groups in total. The molecule has 21 heavy (non-hydrogen) atoms. The van der Waals surface area contributed by atoms with E-state index in [1.165, 1.54) is 6.07 Å². The Kier molecular flexibility index (Phi) is 4.64. The number of benzene rings is 1. The lowest BCUT2D eigenvalue weighted by molar-refractivity contribution is 0.578. The summed E-state index contributed by atoms with van der Waals surface area (Å²) in [6.07, 6.45) is 4.80. The van der Waals surface area contributed by atoms with Gasteiger partial charge in [0.2, 0.25) is 10.0 Å². The van der Waals surface area contributed by atoms with Crippen LogP contribution in [-0.4, -0.2) is 24.9 Å². The molecule has 0 bridgehead atoms. The fourth-order valence-electron chi connectivity index (χ4n) is 1.99. The summed E-state index contributed by atoms with van der Waals surface area (Å²) in [5, 5.41) is 0. The lowest BCUT2D eigenvalue weighted by Crippen LogP contribution is -2.25. The van der Waals surface area contributed by atoms with Crippen LogP contribution in [0.1, 0.15) is 23.4 Å². The summed E-state index contributed by atoms with van der Waals surface area (Å²) < 4.78 is 27.0. The summed E-state index contributed by atoms with van der Waals surface area (Å²) in [7, 11) is -3.52. The van der Waals surface area contributed by atoms with E-state index in [4.69, 9.17) is 5.73 Å². The minimum atomic E-state index is -3.52. The third-order valence-corrected chi connectivity index (χ3v) is 4.87. The number of hydrogen-bond donors (Lipinski definition) is 3. The van der Waals surface area contributed by atoms with Crippen molar-refractivity contribution < 1.29 is 8.42 Å². The monoisotopic (exact) mass is 308 g/mol. The maximum absolute atomic E-state index is 12.2. The van der Waals surface area contributed by atoms with Crippen LogP contribution in [0.15, 0.2) is 29.4 Å². The predicted molar refractivity (Wildman–Crippen MR) is 82.4 cm³/mol. The second kappa shape index (κ2) is 6.28. The number of nitrogen functional groups attached to an aromatic ring is 1. The van der Waals surface area contributed by atoms with Crippen molar-refractivity contribution in [2.75, 3.05) is 12.3 Å². The number of nitrogens with two attached hydrogens (primary N) is 1. The summed E-state index contributed by atoms with van der Waals surface area (Å²) in [5.41, 5.74) is 8.10. The van der Waals surface area contributed by atoms with Gasteiger partial charge in [0.25, 0.3) is 0 Å². The van der Waals surface area contributed by atoms with E-state index in [9.17, 15) is 8.42 Å². The normalized spacial score (nSPS) is 11.7. The molecule has 114 valence electrons. The number of aromatic amines is 1. The van der Waals surface area contributed by atoms with Crippen LogP contribution in [0.4, 0.5) is 5.69 Å². The molecule has 0 radical (unpaired) electrons. The summed E-state index contributed by atoms with van der Waals surface area (Å²) in [6.45, 7) is 4.08. The molecule has 2 rings (SSSR count). The molecule has 0 saturated heterocycles. The number of aryl methyl sites for hydroxylation is 2. The highest BCUT2D eigenvalue weighted by molar-refractivity contribution is 7.89. The fourth-order valence-corrected chi connectivity index (χ4v) is 3.18. The Labute approximate surface area is 124 Å². The van der Waals surface area contributed by atoms with Crippen LogP contribution >= 0.6 is 0 Å². The van der Waals surface area contributed by atoms with Crippen molar-refractivity contribution in [3.8, 4) is 0 Å². The maximum Gasteiger partial charge on any atom is 0.240 e. The van der Waals surface area contributed by atoms with Crippen LogP contribution in [0.25, 0.3) is 0 Å². The summed E-state index contributed by atoms with van der Waals surface area (Å²) in [4.78, 5) is 7.28. The number of rotatable bonds is 6. The molecule has 1 aromatic heterocycles. The molecule has 0 aliphatic carbocycles. The van der Waals surface area contributed by atoms with Gasteiger partial charge in [0.15, 0.2) is 0 Å². The minimum Gasteiger partial charge on any atom is -0.398 e. The zero-order valence-corrected chi connectivity index (χ0v) is 13.0. The number of nitrogens with one attached hydrogen (secondary N) is 2. The molecule has 0 saturated carbocycles. The average Bonchev–Trinajstić information content (AvgIpc) is 2.93. The number of imidazole rings is 1. The number of hydrogen-bond acceptors (Lipinski definition) is 4. The number of H-pyrrole nitrogens is 1. The standard InChI is InChI=1S/C14H20N4O2S/c1-10-8-12(9-13(15)11(10)2)21(19,20)18-5-3-4-14-16-6-7-17-14/h6-9,18H,3-5,15H2,1-2H3,(H,16,17). The predicted octanol–water partition coefficient (Wildman–Crippen LogP) is 1.52. The van der Waals surface area contributed by atoms with Crippen LogP contribution < -0.4 is 10.5 Å². The topological polar surface area (TPSA) is 101 Å². The van der Waals surface area contributed by atoms with Gasteiger partial charge in [-0.2, -0.15) is 0 Å². The number of sulfonamides is 1. The van der Waals surface area contributed by atoms with Gasteiger partial charge in [-0.25, -0.2) is 18.1 Å². The maximum atomic E-state index is 12.2. The van der Waals surface area contributed by atoms with Crippen molar-refractivity contribution in [3.05, 3.63) is 41.5 Å². The molecule has 6 nitrogen and oxygen atoms in total. The van der Waals surface area contributed by atoms with Crippen molar-refractivity contribution >= 4 is 15.7 Å². The van der Waals surface area contributed by atoms with Crippen LogP contribution in [0.3, 0.4) is 0 Å². The Hall–Kier alpha value is -1.86. The first kappa shape index (κ1) is 15.5. The largest absolute Gasteiger partial charge is 0.398 e. The lowest BCUT2D eigenvalue weighted by atomic mass is 10.1. The fraction of sp³-hybridized carbons (Fsp3) is 0.357. The number of anilines is 1. The average molecular weight is 308 g/mol. The Morgan fingerprint density at radius 1 is 1.33 bits per heavy atom. The van der Waals surface area contributed by atoms with Gasteiger partial charge in [0, 0.05) is 31.0 Å². The molecule has 7 heteroatoms.